The molecule has 1 amide bonds. The molecule has 35 heavy (non-hydrogen) atoms. The molecule has 7 nitrogen and oxygen atoms in total. The lowest BCUT2D eigenvalue weighted by molar-refractivity contribution is 0.0746. The van der Waals surface area contributed by atoms with Gasteiger partial charge in [-0.2, -0.15) is 0 Å². The molecule has 0 unspecified atom stereocenters. The average molecular weight is 505 g/mol. The Hall–Kier alpha value is -3.43. The normalized spacial score (nSPS) is 16.1. The maximum absolute atomic E-state index is 13.2. The average Bonchev–Trinajstić information content (AvgIpc) is 3.53. The van der Waals surface area contributed by atoms with Gasteiger partial charge in [0.2, 0.25) is 0 Å². The minimum Gasteiger partial charge on any atom is -0.345 e. The molecule has 178 valence electrons. The fourth-order valence-corrected chi connectivity index (χ4v) is 7.25. The standard InChI is InChI=1S/C26H24N4O3S2/c31-25(28-15-17-29(18-16-28)26-27-22-6-2-4-8-24(22)34-26)20-9-11-21(12-10-20)35(32,33)30-14-13-19-5-1-3-7-23(19)30/h1-12H,13-18H2. The summed E-state index contributed by atoms with van der Waals surface area (Å²) in [5.41, 5.74) is 3.27. The van der Waals surface area contributed by atoms with Gasteiger partial charge >= 0.3 is 0 Å². The quantitative estimate of drug-likeness (QED) is 0.420. The highest BCUT2D eigenvalue weighted by Crippen LogP contribution is 2.33. The van der Waals surface area contributed by atoms with Gasteiger partial charge in [0.05, 0.1) is 20.8 Å². The van der Waals surface area contributed by atoms with Crippen LogP contribution in [0, 0.1) is 0 Å². The summed E-state index contributed by atoms with van der Waals surface area (Å²) in [5, 5.41) is 0.983. The number of benzene rings is 3. The van der Waals surface area contributed by atoms with Gasteiger partial charge in [-0.1, -0.05) is 41.7 Å². The number of piperazine rings is 1. The number of anilines is 2. The van der Waals surface area contributed by atoms with Crippen LogP contribution in [0.4, 0.5) is 10.8 Å². The van der Waals surface area contributed by atoms with Crippen LogP contribution in [0.3, 0.4) is 0 Å². The minimum absolute atomic E-state index is 0.0792. The number of amides is 1. The monoisotopic (exact) mass is 504 g/mol. The zero-order valence-corrected chi connectivity index (χ0v) is 20.6. The maximum Gasteiger partial charge on any atom is 0.264 e. The fraction of sp³-hybridized carbons (Fsp3) is 0.231. The van der Waals surface area contributed by atoms with Crippen molar-refractivity contribution in [2.24, 2.45) is 0 Å². The first-order chi connectivity index (χ1) is 17.0. The van der Waals surface area contributed by atoms with Crippen LogP contribution in [0.25, 0.3) is 10.2 Å². The van der Waals surface area contributed by atoms with E-state index in [4.69, 9.17) is 4.98 Å². The van der Waals surface area contributed by atoms with Gasteiger partial charge in [0.1, 0.15) is 0 Å². The molecule has 6 rings (SSSR count). The van der Waals surface area contributed by atoms with Crippen molar-refractivity contribution in [3.8, 4) is 0 Å². The SMILES string of the molecule is O=C(c1ccc(S(=O)(=O)N2CCc3ccccc32)cc1)N1CCN(c2nc3ccccc3s2)CC1. The lowest BCUT2D eigenvalue weighted by Gasteiger charge is -2.34. The predicted octanol–water partition coefficient (Wildman–Crippen LogP) is 4.01. The Bertz CT molecular complexity index is 1470. The molecule has 0 radical (unpaired) electrons. The highest BCUT2D eigenvalue weighted by atomic mass is 32.2. The Morgan fingerprint density at radius 1 is 0.829 bits per heavy atom. The third-order valence-electron chi connectivity index (χ3n) is 6.65. The number of sulfonamides is 1. The van der Waals surface area contributed by atoms with E-state index < -0.39 is 10.0 Å². The van der Waals surface area contributed by atoms with Crippen LogP contribution in [-0.2, 0) is 16.4 Å². The van der Waals surface area contributed by atoms with Gasteiger partial charge in [-0.3, -0.25) is 9.10 Å². The molecule has 2 aliphatic heterocycles. The molecule has 0 N–H and O–H groups in total. The number of rotatable bonds is 4. The van der Waals surface area contributed by atoms with Gasteiger partial charge in [-0.05, 0) is 54.4 Å². The molecule has 1 fully saturated rings. The second kappa shape index (κ2) is 8.66. The summed E-state index contributed by atoms with van der Waals surface area (Å²) in [4.78, 5) is 22.1. The lowest BCUT2D eigenvalue weighted by atomic mass is 10.2. The fourth-order valence-electron chi connectivity index (χ4n) is 4.73. The van der Waals surface area contributed by atoms with E-state index in [0.29, 0.717) is 44.7 Å². The van der Waals surface area contributed by atoms with Crippen molar-refractivity contribution in [3.05, 3.63) is 83.9 Å². The number of hydrogen-bond donors (Lipinski definition) is 0. The van der Waals surface area contributed by atoms with E-state index in [9.17, 15) is 13.2 Å². The van der Waals surface area contributed by atoms with Crippen molar-refractivity contribution >= 4 is 48.3 Å². The van der Waals surface area contributed by atoms with Crippen LogP contribution in [0.2, 0.25) is 0 Å². The summed E-state index contributed by atoms with van der Waals surface area (Å²) >= 11 is 1.67. The molecule has 1 saturated heterocycles. The summed E-state index contributed by atoms with van der Waals surface area (Å²) in [7, 11) is -3.67. The summed E-state index contributed by atoms with van der Waals surface area (Å²) in [6.07, 6.45) is 0.703. The summed E-state index contributed by atoms with van der Waals surface area (Å²) in [6, 6.07) is 22.0. The van der Waals surface area contributed by atoms with Crippen molar-refractivity contribution in [2.45, 2.75) is 11.3 Å². The van der Waals surface area contributed by atoms with E-state index in [2.05, 4.69) is 11.0 Å². The highest BCUT2D eigenvalue weighted by molar-refractivity contribution is 7.92. The largest absolute Gasteiger partial charge is 0.345 e. The van der Waals surface area contributed by atoms with Crippen LogP contribution in [-0.4, -0.2) is 56.9 Å². The Morgan fingerprint density at radius 2 is 1.54 bits per heavy atom. The zero-order valence-electron chi connectivity index (χ0n) is 19.0. The van der Waals surface area contributed by atoms with Crippen molar-refractivity contribution in [1.29, 1.82) is 0 Å². The number of carbonyl (C=O) groups is 1. The second-order valence-corrected chi connectivity index (χ2v) is 11.6. The third-order valence-corrected chi connectivity index (χ3v) is 9.58. The Morgan fingerprint density at radius 3 is 2.31 bits per heavy atom. The van der Waals surface area contributed by atoms with Crippen LogP contribution >= 0.6 is 11.3 Å². The first-order valence-electron chi connectivity index (χ1n) is 11.6. The molecule has 1 aromatic heterocycles. The van der Waals surface area contributed by atoms with Crippen molar-refractivity contribution < 1.29 is 13.2 Å². The topological polar surface area (TPSA) is 73.8 Å². The molecule has 2 aliphatic rings. The van der Waals surface area contributed by atoms with Crippen LogP contribution < -0.4 is 9.21 Å². The molecule has 0 aliphatic carbocycles. The molecular formula is C26H24N4O3S2. The smallest absolute Gasteiger partial charge is 0.264 e. The van der Waals surface area contributed by atoms with Crippen LogP contribution in [0.5, 0.6) is 0 Å². The van der Waals surface area contributed by atoms with Crippen molar-refractivity contribution in [3.63, 3.8) is 0 Å². The van der Waals surface area contributed by atoms with Gasteiger partial charge in [-0.15, -0.1) is 0 Å². The lowest BCUT2D eigenvalue weighted by Crippen LogP contribution is -2.48. The van der Waals surface area contributed by atoms with Crippen LogP contribution in [0.15, 0.2) is 77.7 Å². The number of fused-ring (bicyclic) bond motifs is 2. The first-order valence-corrected chi connectivity index (χ1v) is 13.9. The molecule has 0 saturated carbocycles. The molecule has 3 aromatic carbocycles. The van der Waals surface area contributed by atoms with E-state index in [0.717, 1.165) is 26.6 Å². The predicted molar refractivity (Wildman–Crippen MR) is 139 cm³/mol. The van der Waals surface area contributed by atoms with E-state index in [1.54, 1.807) is 35.6 Å². The molecule has 3 heterocycles. The number of para-hydroxylation sites is 2. The number of hydrogen-bond acceptors (Lipinski definition) is 6. The van der Waals surface area contributed by atoms with Gasteiger partial charge in [-0.25, -0.2) is 13.4 Å². The van der Waals surface area contributed by atoms with Crippen LogP contribution in [0.1, 0.15) is 15.9 Å². The van der Waals surface area contributed by atoms with Gasteiger partial charge in [0.15, 0.2) is 5.13 Å². The van der Waals surface area contributed by atoms with E-state index >= 15 is 0 Å². The Balaban J connectivity index is 1.13. The van der Waals surface area contributed by atoms with E-state index in [-0.39, 0.29) is 10.8 Å². The third kappa shape index (κ3) is 3.94. The summed E-state index contributed by atoms with van der Waals surface area (Å²) in [6.45, 7) is 3.05. The van der Waals surface area contributed by atoms with E-state index in [1.165, 1.54) is 4.31 Å². The Kier molecular flexibility index (Phi) is 5.46. The first kappa shape index (κ1) is 22.1. The number of aromatic nitrogens is 1. The van der Waals surface area contributed by atoms with E-state index in [1.807, 2.05) is 47.4 Å². The number of nitrogens with zero attached hydrogens (tertiary/aromatic N) is 4. The number of carbonyl (C=O) groups excluding carboxylic acids is 1. The second-order valence-electron chi connectivity index (χ2n) is 8.72. The summed E-state index contributed by atoms with van der Waals surface area (Å²) in [5.74, 6) is -0.0792. The van der Waals surface area contributed by atoms with Crippen molar-refractivity contribution in [1.82, 2.24) is 9.88 Å². The molecule has 0 spiro atoms. The number of thiazole rings is 1. The molecule has 0 atom stereocenters. The van der Waals surface area contributed by atoms with Gasteiger partial charge in [0.25, 0.3) is 15.9 Å². The Labute approximate surface area is 208 Å². The summed E-state index contributed by atoms with van der Waals surface area (Å²) < 4.78 is 29.1. The van der Waals surface area contributed by atoms with Crippen molar-refractivity contribution in [2.75, 3.05) is 41.9 Å². The molecule has 9 heteroatoms. The van der Waals surface area contributed by atoms with Gasteiger partial charge < -0.3 is 9.80 Å². The molecule has 0 bridgehead atoms. The molecule has 4 aromatic rings. The minimum atomic E-state index is -3.67. The molecular weight excluding hydrogens is 480 g/mol. The zero-order chi connectivity index (χ0) is 24.0. The maximum atomic E-state index is 13.2. The van der Waals surface area contributed by atoms with Gasteiger partial charge in [0, 0.05) is 38.3 Å². The highest BCUT2D eigenvalue weighted by Gasteiger charge is 2.31.